The van der Waals surface area contributed by atoms with E-state index in [0.29, 0.717) is 11.5 Å². The monoisotopic (exact) mass is 265 g/mol. The zero-order valence-electron chi connectivity index (χ0n) is 11.7. The summed E-state index contributed by atoms with van der Waals surface area (Å²) < 4.78 is 0. The Hall–Kier alpha value is -0.530. The van der Waals surface area contributed by atoms with E-state index in [1.807, 2.05) is 12.1 Å². The molecule has 0 bridgehead atoms. The van der Waals surface area contributed by atoms with Crippen LogP contribution in [-0.2, 0) is 5.41 Å². The molecule has 1 aromatic rings. The van der Waals surface area contributed by atoms with Gasteiger partial charge in [0.2, 0.25) is 0 Å². The fourth-order valence-corrected chi connectivity index (χ4v) is 3.15. The molecule has 1 N–H and O–H groups in total. The third-order valence-corrected chi connectivity index (χ3v) is 4.49. The fraction of sp³-hybridized carbons (Fsp3) is 0.625. The summed E-state index contributed by atoms with van der Waals surface area (Å²) in [4.78, 5) is 0. The molecular formula is C16H24ClN. The summed E-state index contributed by atoms with van der Waals surface area (Å²) in [5.74, 6) is 0.898. The van der Waals surface area contributed by atoms with Crippen molar-refractivity contribution in [3.05, 3.63) is 34.9 Å². The van der Waals surface area contributed by atoms with Gasteiger partial charge in [0, 0.05) is 23.0 Å². The average molecular weight is 266 g/mol. The highest BCUT2D eigenvalue weighted by Gasteiger charge is 2.44. The number of halogens is 1. The Morgan fingerprint density at radius 2 is 1.89 bits per heavy atom. The Bertz CT molecular complexity index is 377. The van der Waals surface area contributed by atoms with Gasteiger partial charge in [0.25, 0.3) is 0 Å². The first kappa shape index (κ1) is 13.9. The van der Waals surface area contributed by atoms with Crippen LogP contribution in [0.25, 0.3) is 0 Å². The molecule has 1 aliphatic carbocycles. The minimum atomic E-state index is 0.343. The number of hydrogen-bond donors (Lipinski definition) is 1. The predicted molar refractivity (Wildman–Crippen MR) is 79.3 cm³/mol. The first-order valence-corrected chi connectivity index (χ1v) is 7.43. The lowest BCUT2D eigenvalue weighted by molar-refractivity contribution is 0.131. The second-order valence-electron chi connectivity index (χ2n) is 6.01. The van der Waals surface area contributed by atoms with Crippen molar-refractivity contribution in [3.8, 4) is 0 Å². The lowest BCUT2D eigenvalue weighted by Gasteiger charge is -2.49. The molecule has 1 fully saturated rings. The van der Waals surface area contributed by atoms with Gasteiger partial charge in [-0.15, -0.1) is 0 Å². The van der Waals surface area contributed by atoms with Gasteiger partial charge >= 0.3 is 0 Å². The van der Waals surface area contributed by atoms with Gasteiger partial charge in [0.15, 0.2) is 0 Å². The van der Waals surface area contributed by atoms with Crippen molar-refractivity contribution in [1.82, 2.24) is 5.32 Å². The van der Waals surface area contributed by atoms with Crippen LogP contribution in [-0.4, -0.2) is 12.6 Å². The zero-order chi connectivity index (χ0) is 13.2. The van der Waals surface area contributed by atoms with E-state index in [0.717, 1.165) is 17.5 Å². The highest BCUT2D eigenvalue weighted by Crippen LogP contribution is 2.48. The summed E-state index contributed by atoms with van der Waals surface area (Å²) in [6.45, 7) is 7.81. The Morgan fingerprint density at radius 1 is 1.28 bits per heavy atom. The number of rotatable bonds is 5. The van der Waals surface area contributed by atoms with Crippen molar-refractivity contribution in [2.24, 2.45) is 5.92 Å². The quantitative estimate of drug-likeness (QED) is 0.832. The molecular weight excluding hydrogens is 242 g/mol. The van der Waals surface area contributed by atoms with Gasteiger partial charge in [-0.3, -0.25) is 0 Å². The van der Waals surface area contributed by atoms with Gasteiger partial charge in [0.05, 0.1) is 0 Å². The standard InChI is InChI=1S/C16H24ClN/c1-4-13-9-16(10-13,11-18-12(2)3)14-5-7-15(17)8-6-14/h5-8,12-13,18H,4,9-11H2,1-3H3. The molecule has 1 aliphatic rings. The van der Waals surface area contributed by atoms with Crippen molar-refractivity contribution < 1.29 is 0 Å². The summed E-state index contributed by atoms with van der Waals surface area (Å²) in [7, 11) is 0. The Balaban J connectivity index is 2.13. The zero-order valence-corrected chi connectivity index (χ0v) is 12.4. The summed E-state index contributed by atoms with van der Waals surface area (Å²) in [6, 6.07) is 9.00. The molecule has 18 heavy (non-hydrogen) atoms. The SMILES string of the molecule is CCC1CC(CNC(C)C)(c2ccc(Cl)cc2)C1. The topological polar surface area (TPSA) is 12.0 Å². The third kappa shape index (κ3) is 2.89. The smallest absolute Gasteiger partial charge is 0.0406 e. The van der Waals surface area contributed by atoms with E-state index in [4.69, 9.17) is 11.6 Å². The van der Waals surface area contributed by atoms with E-state index in [-0.39, 0.29) is 0 Å². The maximum Gasteiger partial charge on any atom is 0.0406 e. The van der Waals surface area contributed by atoms with Gasteiger partial charge in [-0.1, -0.05) is 50.9 Å². The third-order valence-electron chi connectivity index (χ3n) is 4.24. The van der Waals surface area contributed by atoms with Crippen molar-refractivity contribution in [2.45, 2.75) is 51.5 Å². The molecule has 0 atom stereocenters. The van der Waals surface area contributed by atoms with Crippen LogP contribution in [0.3, 0.4) is 0 Å². The van der Waals surface area contributed by atoms with Crippen molar-refractivity contribution in [2.75, 3.05) is 6.54 Å². The van der Waals surface area contributed by atoms with Crippen LogP contribution in [0.4, 0.5) is 0 Å². The molecule has 0 aromatic heterocycles. The van der Waals surface area contributed by atoms with Gasteiger partial charge in [0.1, 0.15) is 0 Å². The molecule has 2 rings (SSSR count). The van der Waals surface area contributed by atoms with Crippen LogP contribution in [0.2, 0.25) is 5.02 Å². The van der Waals surface area contributed by atoms with Gasteiger partial charge in [-0.2, -0.15) is 0 Å². The molecule has 0 amide bonds. The van der Waals surface area contributed by atoms with Gasteiger partial charge < -0.3 is 5.32 Å². The first-order valence-electron chi connectivity index (χ1n) is 7.05. The molecule has 1 aromatic carbocycles. The van der Waals surface area contributed by atoms with Crippen molar-refractivity contribution in [1.29, 1.82) is 0 Å². The molecule has 0 heterocycles. The normalized spacial score (nSPS) is 27.3. The van der Waals surface area contributed by atoms with Crippen LogP contribution < -0.4 is 5.32 Å². The molecule has 0 radical (unpaired) electrons. The Kier molecular flexibility index (Phi) is 4.34. The lowest BCUT2D eigenvalue weighted by Crippen LogP contribution is -2.49. The lowest BCUT2D eigenvalue weighted by atomic mass is 9.58. The van der Waals surface area contributed by atoms with Crippen LogP contribution in [0.1, 0.15) is 45.6 Å². The summed E-state index contributed by atoms with van der Waals surface area (Å²) in [5.41, 5.74) is 1.79. The van der Waals surface area contributed by atoms with E-state index in [1.165, 1.54) is 24.8 Å². The number of nitrogens with one attached hydrogen (secondary N) is 1. The van der Waals surface area contributed by atoms with E-state index < -0.39 is 0 Å². The summed E-state index contributed by atoms with van der Waals surface area (Å²) >= 11 is 5.99. The minimum Gasteiger partial charge on any atom is -0.314 e. The average Bonchev–Trinajstić information content (AvgIpc) is 2.29. The van der Waals surface area contributed by atoms with Crippen molar-refractivity contribution in [3.63, 3.8) is 0 Å². The van der Waals surface area contributed by atoms with Crippen LogP contribution in [0, 0.1) is 5.92 Å². The molecule has 100 valence electrons. The second kappa shape index (κ2) is 5.63. The molecule has 0 aliphatic heterocycles. The van der Waals surface area contributed by atoms with Crippen LogP contribution in [0.15, 0.2) is 24.3 Å². The second-order valence-corrected chi connectivity index (χ2v) is 6.44. The molecule has 0 unspecified atom stereocenters. The largest absolute Gasteiger partial charge is 0.314 e. The summed E-state index contributed by atoms with van der Waals surface area (Å²) in [6.07, 6.45) is 3.92. The summed E-state index contributed by atoms with van der Waals surface area (Å²) in [5, 5.41) is 4.44. The van der Waals surface area contributed by atoms with Crippen LogP contribution >= 0.6 is 11.6 Å². The number of hydrogen-bond acceptors (Lipinski definition) is 1. The Labute approximate surface area is 116 Å². The highest BCUT2D eigenvalue weighted by molar-refractivity contribution is 6.30. The molecule has 1 nitrogen and oxygen atoms in total. The molecule has 1 saturated carbocycles. The van der Waals surface area contributed by atoms with E-state index in [2.05, 4.69) is 38.2 Å². The molecule has 2 heteroatoms. The molecule has 0 saturated heterocycles. The van der Waals surface area contributed by atoms with Gasteiger partial charge in [-0.25, -0.2) is 0 Å². The maximum absolute atomic E-state index is 5.99. The van der Waals surface area contributed by atoms with E-state index in [9.17, 15) is 0 Å². The fourth-order valence-electron chi connectivity index (χ4n) is 3.02. The van der Waals surface area contributed by atoms with Gasteiger partial charge in [-0.05, 0) is 36.5 Å². The van der Waals surface area contributed by atoms with Crippen molar-refractivity contribution >= 4 is 11.6 Å². The molecule has 0 spiro atoms. The van der Waals surface area contributed by atoms with E-state index >= 15 is 0 Å². The van der Waals surface area contributed by atoms with E-state index in [1.54, 1.807) is 0 Å². The minimum absolute atomic E-state index is 0.343. The highest BCUT2D eigenvalue weighted by atomic mass is 35.5. The first-order chi connectivity index (χ1) is 8.55. The number of benzene rings is 1. The Morgan fingerprint density at radius 3 is 2.39 bits per heavy atom. The van der Waals surface area contributed by atoms with Crippen LogP contribution in [0.5, 0.6) is 0 Å². The maximum atomic E-state index is 5.99. The predicted octanol–water partition coefficient (Wildman–Crippen LogP) is 4.40.